The van der Waals surface area contributed by atoms with E-state index < -0.39 is 5.91 Å². The lowest BCUT2D eigenvalue weighted by atomic mass is 9.85. The molecule has 0 atom stereocenters. The van der Waals surface area contributed by atoms with Crippen LogP contribution in [0.3, 0.4) is 0 Å². The molecule has 0 bridgehead atoms. The van der Waals surface area contributed by atoms with Crippen molar-refractivity contribution >= 4 is 17.5 Å². The number of aromatic nitrogens is 2. The fraction of sp³-hybridized carbons (Fsp3) is 0.346. The molecule has 0 saturated heterocycles. The van der Waals surface area contributed by atoms with E-state index in [1.165, 1.54) is 4.68 Å². The van der Waals surface area contributed by atoms with Crippen LogP contribution in [0, 0.1) is 13.8 Å². The molecule has 34 heavy (non-hydrogen) atoms. The van der Waals surface area contributed by atoms with Gasteiger partial charge in [0.1, 0.15) is 0 Å². The highest BCUT2D eigenvalue weighted by Crippen LogP contribution is 2.36. The van der Waals surface area contributed by atoms with E-state index >= 15 is 0 Å². The van der Waals surface area contributed by atoms with Crippen LogP contribution in [0.4, 0.5) is 5.69 Å². The number of anilines is 1. The van der Waals surface area contributed by atoms with Crippen molar-refractivity contribution in [2.45, 2.75) is 58.1 Å². The van der Waals surface area contributed by atoms with E-state index in [1.807, 2.05) is 56.3 Å². The SMILES string of the molecule is Cc1ccc(C)c(C(=O)NCc2ccc(-n3nc(C4CCC(O)CC4)c(N)c3C(N)=O)cc2)c1. The van der Waals surface area contributed by atoms with Crippen molar-refractivity contribution in [3.05, 3.63) is 76.1 Å². The zero-order valence-electron chi connectivity index (χ0n) is 19.5. The van der Waals surface area contributed by atoms with Gasteiger partial charge in [-0.05, 0) is 68.9 Å². The van der Waals surface area contributed by atoms with E-state index in [2.05, 4.69) is 10.4 Å². The van der Waals surface area contributed by atoms with Crippen LogP contribution in [0.1, 0.15) is 74.8 Å². The third-order valence-electron chi connectivity index (χ3n) is 6.54. The molecule has 1 aliphatic carbocycles. The molecular weight excluding hydrogens is 430 g/mol. The molecule has 1 aromatic heterocycles. The number of amides is 2. The topological polar surface area (TPSA) is 136 Å². The van der Waals surface area contributed by atoms with Gasteiger partial charge in [0.25, 0.3) is 11.8 Å². The van der Waals surface area contributed by atoms with Gasteiger partial charge < -0.3 is 21.9 Å². The van der Waals surface area contributed by atoms with Crippen LogP contribution in [0.15, 0.2) is 42.5 Å². The summed E-state index contributed by atoms with van der Waals surface area (Å²) in [7, 11) is 0. The summed E-state index contributed by atoms with van der Waals surface area (Å²) in [5.41, 5.74) is 17.3. The highest BCUT2D eigenvalue weighted by Gasteiger charge is 2.29. The van der Waals surface area contributed by atoms with E-state index in [0.29, 0.717) is 42.0 Å². The second-order valence-corrected chi connectivity index (χ2v) is 9.10. The number of rotatable bonds is 6. The van der Waals surface area contributed by atoms with Crippen LogP contribution in [-0.2, 0) is 6.54 Å². The predicted octanol–water partition coefficient (Wildman–Crippen LogP) is 3.12. The van der Waals surface area contributed by atoms with Crippen molar-refractivity contribution in [2.75, 3.05) is 5.73 Å². The summed E-state index contributed by atoms with van der Waals surface area (Å²) in [6, 6.07) is 13.2. The Morgan fingerprint density at radius 2 is 1.76 bits per heavy atom. The van der Waals surface area contributed by atoms with Gasteiger partial charge in [-0.15, -0.1) is 0 Å². The number of aliphatic hydroxyl groups excluding tert-OH is 1. The van der Waals surface area contributed by atoms with Crippen LogP contribution >= 0.6 is 0 Å². The summed E-state index contributed by atoms with van der Waals surface area (Å²) in [5, 5.41) is 17.4. The van der Waals surface area contributed by atoms with Crippen molar-refractivity contribution in [3.63, 3.8) is 0 Å². The maximum absolute atomic E-state index is 12.6. The molecule has 178 valence electrons. The van der Waals surface area contributed by atoms with Gasteiger partial charge >= 0.3 is 0 Å². The fourth-order valence-electron chi connectivity index (χ4n) is 4.53. The lowest BCUT2D eigenvalue weighted by Crippen LogP contribution is -2.23. The van der Waals surface area contributed by atoms with E-state index in [4.69, 9.17) is 11.5 Å². The third-order valence-corrected chi connectivity index (χ3v) is 6.54. The van der Waals surface area contributed by atoms with Gasteiger partial charge in [0.05, 0.1) is 23.2 Å². The van der Waals surface area contributed by atoms with E-state index in [9.17, 15) is 14.7 Å². The number of aryl methyl sites for hydroxylation is 2. The van der Waals surface area contributed by atoms with Crippen molar-refractivity contribution in [1.82, 2.24) is 15.1 Å². The molecule has 1 aliphatic rings. The van der Waals surface area contributed by atoms with Crippen LogP contribution in [0.2, 0.25) is 0 Å². The number of carbonyl (C=O) groups excluding carboxylic acids is 2. The zero-order valence-corrected chi connectivity index (χ0v) is 19.5. The first-order valence-corrected chi connectivity index (χ1v) is 11.6. The molecule has 0 aliphatic heterocycles. The van der Waals surface area contributed by atoms with Gasteiger partial charge in [0.2, 0.25) is 0 Å². The van der Waals surface area contributed by atoms with E-state index in [0.717, 1.165) is 29.5 Å². The zero-order chi connectivity index (χ0) is 24.4. The minimum atomic E-state index is -0.642. The van der Waals surface area contributed by atoms with Gasteiger partial charge in [-0.3, -0.25) is 9.59 Å². The van der Waals surface area contributed by atoms with Crippen LogP contribution in [0.5, 0.6) is 0 Å². The van der Waals surface area contributed by atoms with E-state index in [-0.39, 0.29) is 23.6 Å². The molecule has 6 N–H and O–H groups in total. The molecule has 1 heterocycles. The number of nitrogens with two attached hydrogens (primary N) is 2. The largest absolute Gasteiger partial charge is 0.395 e. The number of nitrogens with zero attached hydrogens (tertiary/aromatic N) is 2. The summed E-state index contributed by atoms with van der Waals surface area (Å²) >= 11 is 0. The van der Waals surface area contributed by atoms with Crippen molar-refractivity contribution in [3.8, 4) is 5.69 Å². The molecule has 8 heteroatoms. The van der Waals surface area contributed by atoms with Gasteiger partial charge in [-0.25, -0.2) is 4.68 Å². The summed E-state index contributed by atoms with van der Waals surface area (Å²) < 4.78 is 1.50. The number of hydrogen-bond donors (Lipinski definition) is 4. The third kappa shape index (κ3) is 4.82. The number of carbonyl (C=O) groups is 2. The maximum atomic E-state index is 12.6. The molecule has 1 saturated carbocycles. The van der Waals surface area contributed by atoms with Crippen molar-refractivity contribution < 1.29 is 14.7 Å². The lowest BCUT2D eigenvalue weighted by molar-refractivity contribution is 0.0948. The number of hydrogen-bond acceptors (Lipinski definition) is 5. The molecule has 1 fully saturated rings. The Morgan fingerprint density at radius 1 is 1.09 bits per heavy atom. The summed E-state index contributed by atoms with van der Waals surface area (Å²) in [6.07, 6.45) is 2.61. The molecule has 2 aromatic carbocycles. The smallest absolute Gasteiger partial charge is 0.269 e. The fourth-order valence-corrected chi connectivity index (χ4v) is 4.53. The van der Waals surface area contributed by atoms with Gasteiger partial charge in [0.15, 0.2) is 5.69 Å². The Kier molecular flexibility index (Phi) is 6.70. The normalized spacial score (nSPS) is 18.0. The highest BCUT2D eigenvalue weighted by molar-refractivity contribution is 5.97. The van der Waals surface area contributed by atoms with Crippen LogP contribution < -0.4 is 16.8 Å². The minimum Gasteiger partial charge on any atom is -0.395 e. The minimum absolute atomic E-state index is 0.0855. The Balaban J connectivity index is 1.52. The van der Waals surface area contributed by atoms with Gasteiger partial charge in [-0.1, -0.05) is 29.8 Å². The number of benzene rings is 2. The summed E-state index contributed by atoms with van der Waals surface area (Å²) in [5.74, 6) is -0.678. The molecular formula is C26H31N5O3. The average Bonchev–Trinajstić information content (AvgIpc) is 3.17. The Hall–Kier alpha value is -3.65. The Morgan fingerprint density at radius 3 is 2.41 bits per heavy atom. The van der Waals surface area contributed by atoms with Crippen molar-refractivity contribution in [2.24, 2.45) is 5.73 Å². The molecule has 0 radical (unpaired) electrons. The average molecular weight is 462 g/mol. The first kappa shape index (κ1) is 23.5. The first-order valence-electron chi connectivity index (χ1n) is 11.6. The van der Waals surface area contributed by atoms with E-state index in [1.54, 1.807) is 0 Å². The number of nitrogens with one attached hydrogen (secondary N) is 1. The summed E-state index contributed by atoms with van der Waals surface area (Å²) in [6.45, 7) is 4.24. The standard InChI is InChI=1S/C26H31N5O3/c1-15-3-4-16(2)21(13-15)26(34)29-14-17-5-9-19(10-6-17)31-24(25(28)33)22(27)23(30-31)18-7-11-20(32)12-8-18/h3-6,9-10,13,18,20,32H,7-8,11-12,14,27H2,1-2H3,(H2,28,33)(H,29,34). The summed E-state index contributed by atoms with van der Waals surface area (Å²) in [4.78, 5) is 24.8. The second kappa shape index (κ2) is 9.69. The maximum Gasteiger partial charge on any atom is 0.269 e. The number of aliphatic hydroxyl groups is 1. The molecule has 0 spiro atoms. The van der Waals surface area contributed by atoms with Crippen molar-refractivity contribution in [1.29, 1.82) is 0 Å². The molecule has 2 amide bonds. The highest BCUT2D eigenvalue weighted by atomic mass is 16.3. The monoisotopic (exact) mass is 461 g/mol. The van der Waals surface area contributed by atoms with Crippen LogP contribution in [-0.4, -0.2) is 32.8 Å². The van der Waals surface area contributed by atoms with Crippen LogP contribution in [0.25, 0.3) is 5.69 Å². The quantitative estimate of drug-likeness (QED) is 0.447. The molecule has 8 nitrogen and oxygen atoms in total. The lowest BCUT2D eigenvalue weighted by Gasteiger charge is -2.24. The molecule has 3 aromatic rings. The number of nitrogen functional groups attached to an aromatic ring is 1. The Labute approximate surface area is 199 Å². The van der Waals surface area contributed by atoms with Gasteiger partial charge in [-0.2, -0.15) is 5.10 Å². The second-order valence-electron chi connectivity index (χ2n) is 9.10. The number of primary amides is 1. The first-order chi connectivity index (χ1) is 16.2. The van der Waals surface area contributed by atoms with Gasteiger partial charge in [0, 0.05) is 18.0 Å². The Bertz CT molecular complexity index is 1210. The predicted molar refractivity (Wildman–Crippen MR) is 131 cm³/mol. The molecule has 0 unspecified atom stereocenters. The molecule has 4 rings (SSSR count).